The molecule has 4 unspecified atom stereocenters. The number of ether oxygens (including phenoxy) is 3. The molecule has 4 aromatic carbocycles. The van der Waals surface area contributed by atoms with Crippen LogP contribution < -0.4 is 35.9 Å². The van der Waals surface area contributed by atoms with Crippen molar-refractivity contribution in [2.24, 2.45) is 20.4 Å². The third-order valence-electron chi connectivity index (χ3n) is 9.94. The third kappa shape index (κ3) is 10.8. The molecule has 0 spiro atoms. The van der Waals surface area contributed by atoms with Gasteiger partial charge in [-0.2, -0.15) is 29.2 Å². The van der Waals surface area contributed by atoms with Crippen molar-refractivity contribution in [3.63, 3.8) is 0 Å². The van der Waals surface area contributed by atoms with Crippen LogP contribution in [0.5, 0.6) is 17.2 Å². The van der Waals surface area contributed by atoms with E-state index in [0.717, 1.165) is 42.4 Å². The summed E-state index contributed by atoms with van der Waals surface area (Å²) in [5.41, 5.74) is 19.1. The van der Waals surface area contributed by atoms with Crippen molar-refractivity contribution in [2.45, 2.75) is 75.7 Å². The van der Waals surface area contributed by atoms with E-state index >= 15 is 0 Å². The van der Waals surface area contributed by atoms with Gasteiger partial charge in [0.1, 0.15) is 30.6 Å². The Bertz CT molecular complexity index is 2030. The van der Waals surface area contributed by atoms with Gasteiger partial charge in [-0.1, -0.05) is 36.4 Å². The zero-order chi connectivity index (χ0) is 39.4. The molecule has 57 heavy (non-hydrogen) atoms. The van der Waals surface area contributed by atoms with E-state index < -0.39 is 18.2 Å². The Labute approximate surface area is 328 Å². The van der Waals surface area contributed by atoms with Gasteiger partial charge in [0, 0.05) is 56.6 Å². The Hall–Kier alpha value is -6.12. The van der Waals surface area contributed by atoms with Crippen molar-refractivity contribution >= 4 is 24.9 Å². The van der Waals surface area contributed by atoms with Gasteiger partial charge >= 0.3 is 6.61 Å². The van der Waals surface area contributed by atoms with Crippen molar-refractivity contribution in [1.82, 2.24) is 21.7 Å². The van der Waals surface area contributed by atoms with Gasteiger partial charge in [-0.3, -0.25) is 0 Å². The summed E-state index contributed by atoms with van der Waals surface area (Å²) in [6, 6.07) is 23.7. The molecule has 4 N–H and O–H groups in total. The number of hydrogen-bond acceptors (Lipinski definition) is 11. The van der Waals surface area contributed by atoms with E-state index in [0.29, 0.717) is 31.2 Å². The second kappa shape index (κ2) is 19.2. The summed E-state index contributed by atoms with van der Waals surface area (Å²) in [6.45, 7) is -1.51. The van der Waals surface area contributed by atoms with Gasteiger partial charge in [0.25, 0.3) is 0 Å². The highest BCUT2D eigenvalue weighted by Crippen LogP contribution is 2.34. The molecule has 11 nitrogen and oxygen atoms in total. The Morgan fingerprint density at radius 2 is 1.02 bits per heavy atom. The van der Waals surface area contributed by atoms with Crippen molar-refractivity contribution in [3.05, 3.63) is 124 Å². The summed E-state index contributed by atoms with van der Waals surface area (Å²) < 4.78 is 64.5. The van der Waals surface area contributed by atoms with E-state index in [4.69, 9.17) is 9.47 Å². The molecule has 0 bridgehead atoms. The summed E-state index contributed by atoms with van der Waals surface area (Å²) in [6.07, 6.45) is 14.6. The van der Waals surface area contributed by atoms with Gasteiger partial charge in [0.15, 0.2) is 11.5 Å². The maximum Gasteiger partial charge on any atom is 0.387 e. The molecule has 0 saturated carbocycles. The van der Waals surface area contributed by atoms with Crippen LogP contribution in [0.3, 0.4) is 0 Å². The van der Waals surface area contributed by atoms with E-state index in [-0.39, 0.29) is 23.9 Å². The van der Waals surface area contributed by atoms with E-state index in [9.17, 15) is 17.6 Å². The van der Waals surface area contributed by atoms with Crippen molar-refractivity contribution in [3.8, 4) is 17.2 Å². The number of nitrogens with zero attached hydrogens (tertiary/aromatic N) is 4. The van der Waals surface area contributed by atoms with Crippen LogP contribution in [0.1, 0.15) is 89.7 Å². The van der Waals surface area contributed by atoms with Gasteiger partial charge in [0.2, 0.25) is 0 Å². The van der Waals surface area contributed by atoms with Gasteiger partial charge in [-0.15, -0.1) is 0 Å². The standard InChI is InChI=1S/C12H14N2.C11H12N2O2.C10H10F2N2O.C9H8F2N2/c1-2-9-4-5-11(8-10(9)3-1)12-6-7-13-14-12;1-2-10-11(15-6-5-14-10)7-8(1)9-3-4-12-13-9;11-10(12)15-8-3-1-7(2-4-8)9-5-6-13-14-9;10-7-3-6(4-8(11)5-7)9-1-2-12-13-9/h4-5,7-8,12,14H,1-3,6H2;1-2,4,7,9,13H,3,5-6H2;1-4,6,9-10,14H,5H2;2-5,9,13H,1H2. The molecule has 10 rings (SSSR count). The predicted molar refractivity (Wildman–Crippen MR) is 211 cm³/mol. The zero-order valence-corrected chi connectivity index (χ0v) is 31.1. The highest BCUT2D eigenvalue weighted by molar-refractivity contribution is 5.62. The quantitative estimate of drug-likeness (QED) is 0.146. The highest BCUT2D eigenvalue weighted by Gasteiger charge is 2.19. The van der Waals surface area contributed by atoms with Crippen LogP contribution >= 0.6 is 0 Å². The molecule has 298 valence electrons. The highest BCUT2D eigenvalue weighted by atomic mass is 19.3. The molecule has 4 aromatic rings. The smallest absolute Gasteiger partial charge is 0.387 e. The summed E-state index contributed by atoms with van der Waals surface area (Å²) in [5.74, 6) is 0.747. The van der Waals surface area contributed by atoms with Crippen LogP contribution in [0, 0.1) is 11.6 Å². The van der Waals surface area contributed by atoms with E-state index in [1.54, 1.807) is 35.7 Å². The number of fused-ring (bicyclic) bond motifs is 2. The summed E-state index contributed by atoms with van der Waals surface area (Å²) >= 11 is 0. The van der Waals surface area contributed by atoms with Gasteiger partial charge < -0.3 is 35.9 Å². The summed E-state index contributed by atoms with van der Waals surface area (Å²) in [7, 11) is 0. The molecule has 0 saturated heterocycles. The molecule has 0 amide bonds. The molecular formula is C42H44F4N8O3. The molecule has 15 heteroatoms. The number of hydrogen-bond donors (Lipinski definition) is 4. The second-order valence-corrected chi connectivity index (χ2v) is 13.9. The van der Waals surface area contributed by atoms with E-state index in [1.165, 1.54) is 54.7 Å². The van der Waals surface area contributed by atoms with Crippen molar-refractivity contribution in [1.29, 1.82) is 0 Å². The lowest BCUT2D eigenvalue weighted by Crippen LogP contribution is -2.16. The van der Waals surface area contributed by atoms with Crippen LogP contribution in [0.25, 0.3) is 0 Å². The van der Waals surface area contributed by atoms with E-state index in [1.807, 2.05) is 24.6 Å². The Kier molecular flexibility index (Phi) is 13.1. The number of rotatable bonds is 6. The maximum absolute atomic E-state index is 12.8. The second-order valence-electron chi connectivity index (χ2n) is 13.9. The Morgan fingerprint density at radius 1 is 0.526 bits per heavy atom. The Morgan fingerprint density at radius 3 is 1.58 bits per heavy atom. The topological polar surface area (TPSA) is 125 Å². The normalized spacial score (nSPS) is 21.4. The molecule has 0 radical (unpaired) electrons. The fraction of sp³-hybridized carbons (Fsp3) is 0.333. The van der Waals surface area contributed by atoms with Crippen LogP contribution in [0.2, 0.25) is 0 Å². The average molecular weight is 785 g/mol. The lowest BCUT2D eigenvalue weighted by Gasteiger charge is -2.20. The summed E-state index contributed by atoms with van der Waals surface area (Å²) in [4.78, 5) is 0. The minimum atomic E-state index is -2.77. The van der Waals surface area contributed by atoms with Gasteiger partial charge in [-0.05, 0) is 89.0 Å². The first-order valence-corrected chi connectivity index (χ1v) is 19.0. The van der Waals surface area contributed by atoms with Crippen LogP contribution in [-0.2, 0) is 12.8 Å². The minimum absolute atomic E-state index is 0.0924. The number of alkyl halides is 2. The molecule has 0 fully saturated rings. The average Bonchev–Trinajstić information content (AvgIpc) is 4.08. The molecule has 1 aliphatic carbocycles. The number of aryl methyl sites for hydroxylation is 2. The fourth-order valence-electron chi connectivity index (χ4n) is 7.00. The first-order valence-electron chi connectivity index (χ1n) is 19.0. The third-order valence-corrected chi connectivity index (χ3v) is 9.94. The zero-order valence-electron chi connectivity index (χ0n) is 31.1. The number of halogens is 4. The van der Waals surface area contributed by atoms with Crippen molar-refractivity contribution in [2.75, 3.05) is 13.2 Å². The first-order chi connectivity index (χ1) is 27.9. The predicted octanol–water partition coefficient (Wildman–Crippen LogP) is 7.97. The monoisotopic (exact) mass is 784 g/mol. The van der Waals surface area contributed by atoms with Crippen LogP contribution in [0.15, 0.2) is 99.3 Å². The van der Waals surface area contributed by atoms with Gasteiger partial charge in [-0.25, -0.2) is 8.78 Å². The molecule has 6 aliphatic rings. The minimum Gasteiger partial charge on any atom is -0.486 e. The Balaban J connectivity index is 0.000000116. The SMILES string of the molecule is C1=NNC(c2ccc3c(c2)CCC3)C1.C1=NNC(c2ccc3c(c2)OCCO3)C1.FC(F)Oc1ccc(C2CC=NN2)cc1.Fc1cc(F)cc(C2CC=NN2)c1. The molecule has 5 heterocycles. The first kappa shape index (κ1) is 39.1. The van der Waals surface area contributed by atoms with Gasteiger partial charge in [0.05, 0.1) is 24.2 Å². The lowest BCUT2D eigenvalue weighted by molar-refractivity contribution is -0.0498. The molecule has 0 aromatic heterocycles. The summed E-state index contributed by atoms with van der Waals surface area (Å²) in [5, 5.41) is 15.7. The number of nitrogens with one attached hydrogen (secondary N) is 4. The van der Waals surface area contributed by atoms with Crippen molar-refractivity contribution < 1.29 is 31.8 Å². The maximum atomic E-state index is 12.8. The van der Waals surface area contributed by atoms with Crippen LogP contribution in [-0.4, -0.2) is 44.7 Å². The number of hydrazone groups is 4. The lowest BCUT2D eigenvalue weighted by atomic mass is 10.0. The fourth-order valence-corrected chi connectivity index (χ4v) is 7.00. The number of benzene rings is 4. The largest absolute Gasteiger partial charge is 0.486 e. The molecular weight excluding hydrogens is 741 g/mol. The van der Waals surface area contributed by atoms with E-state index in [2.05, 4.69) is 71.1 Å². The molecule has 4 atom stereocenters. The molecule has 5 aliphatic heterocycles. The van der Waals surface area contributed by atoms with Crippen LogP contribution in [0.4, 0.5) is 17.6 Å².